The molecule has 0 saturated heterocycles. The molecule has 0 aromatic carbocycles. The largest absolute Gasteiger partial charge is 0.353 e. The Morgan fingerprint density at radius 3 is 3.11 bits per heavy atom. The van der Waals surface area contributed by atoms with Crippen LogP contribution < -0.4 is 5.32 Å². The fourth-order valence-electron chi connectivity index (χ4n) is 3.01. The number of hydrogen-bond acceptors (Lipinski definition) is 2. The Hall–Kier alpha value is -1.55. The average molecular weight is 258 g/mol. The van der Waals surface area contributed by atoms with Crippen molar-refractivity contribution in [2.75, 3.05) is 0 Å². The maximum absolute atomic E-state index is 4.50. The van der Waals surface area contributed by atoms with Gasteiger partial charge in [0.05, 0.1) is 6.20 Å². The lowest BCUT2D eigenvalue weighted by Gasteiger charge is -2.24. The fraction of sp³-hybridized carbons (Fsp3) is 0.533. The van der Waals surface area contributed by atoms with Gasteiger partial charge in [-0.3, -0.25) is 4.68 Å². The molecule has 0 unspecified atom stereocenters. The van der Waals surface area contributed by atoms with Crippen LogP contribution in [-0.2, 0) is 26.6 Å². The van der Waals surface area contributed by atoms with Crippen LogP contribution in [0.2, 0.25) is 0 Å². The highest BCUT2D eigenvalue weighted by Crippen LogP contribution is 2.29. The third kappa shape index (κ3) is 2.32. The van der Waals surface area contributed by atoms with Crippen molar-refractivity contribution < 1.29 is 0 Å². The molecule has 0 bridgehead atoms. The third-order valence-electron chi connectivity index (χ3n) is 4.14. The Bertz CT molecular complexity index is 552. The first-order chi connectivity index (χ1) is 9.29. The molecular formula is C15H22N4. The lowest BCUT2D eigenvalue weighted by atomic mass is 9.93. The predicted octanol–water partition coefficient (Wildman–Crippen LogP) is 2.41. The zero-order valence-electron chi connectivity index (χ0n) is 11.8. The molecule has 4 heteroatoms. The molecule has 0 amide bonds. The average Bonchev–Trinajstić information content (AvgIpc) is 3.02. The molecule has 1 aliphatic rings. The van der Waals surface area contributed by atoms with Gasteiger partial charge in [-0.25, -0.2) is 0 Å². The molecule has 0 saturated carbocycles. The first kappa shape index (κ1) is 12.5. The molecule has 1 aliphatic carbocycles. The quantitative estimate of drug-likeness (QED) is 0.914. The van der Waals surface area contributed by atoms with Crippen LogP contribution in [0.15, 0.2) is 24.5 Å². The summed E-state index contributed by atoms with van der Waals surface area (Å²) in [6.45, 7) is 4.05. The van der Waals surface area contributed by atoms with E-state index in [1.807, 2.05) is 0 Å². The summed E-state index contributed by atoms with van der Waals surface area (Å²) in [6.07, 6.45) is 7.79. The van der Waals surface area contributed by atoms with E-state index in [1.54, 1.807) is 0 Å². The highest BCUT2D eigenvalue weighted by atomic mass is 15.3. The normalized spacial score (nSPS) is 18.5. The lowest BCUT2D eigenvalue weighted by molar-refractivity contribution is 0.443. The fourth-order valence-corrected chi connectivity index (χ4v) is 3.01. The van der Waals surface area contributed by atoms with E-state index in [-0.39, 0.29) is 0 Å². The first-order valence-corrected chi connectivity index (χ1v) is 7.17. The zero-order valence-corrected chi connectivity index (χ0v) is 11.8. The topological polar surface area (TPSA) is 34.8 Å². The van der Waals surface area contributed by atoms with Gasteiger partial charge in [-0.2, -0.15) is 5.10 Å². The maximum atomic E-state index is 4.50. The summed E-state index contributed by atoms with van der Waals surface area (Å²) >= 11 is 0. The van der Waals surface area contributed by atoms with Crippen molar-refractivity contribution in [2.24, 2.45) is 7.05 Å². The highest BCUT2D eigenvalue weighted by Gasteiger charge is 2.23. The van der Waals surface area contributed by atoms with Crippen LogP contribution >= 0.6 is 0 Å². The van der Waals surface area contributed by atoms with Crippen LogP contribution in [0.25, 0.3) is 0 Å². The minimum Gasteiger partial charge on any atom is -0.353 e. The molecule has 4 nitrogen and oxygen atoms in total. The van der Waals surface area contributed by atoms with Crippen LogP contribution in [0.3, 0.4) is 0 Å². The summed E-state index contributed by atoms with van der Waals surface area (Å²) in [5.74, 6) is 0. The molecule has 2 aromatic rings. The number of nitrogens with one attached hydrogen (secondary N) is 1. The van der Waals surface area contributed by atoms with Gasteiger partial charge in [-0.1, -0.05) is 0 Å². The van der Waals surface area contributed by atoms with Gasteiger partial charge in [0.15, 0.2) is 0 Å². The lowest BCUT2D eigenvalue weighted by Crippen LogP contribution is -2.25. The third-order valence-corrected chi connectivity index (χ3v) is 4.14. The number of aromatic nitrogens is 3. The van der Waals surface area contributed by atoms with Crippen molar-refractivity contribution in [3.63, 3.8) is 0 Å². The summed E-state index contributed by atoms with van der Waals surface area (Å²) in [5, 5.41) is 8.18. The Kier molecular flexibility index (Phi) is 3.42. The van der Waals surface area contributed by atoms with Gasteiger partial charge in [-0.05, 0) is 38.3 Å². The molecule has 19 heavy (non-hydrogen) atoms. The summed E-state index contributed by atoms with van der Waals surface area (Å²) < 4.78 is 4.32. The maximum Gasteiger partial charge on any atom is 0.0540 e. The van der Waals surface area contributed by atoms with Crippen molar-refractivity contribution in [2.45, 2.75) is 45.3 Å². The van der Waals surface area contributed by atoms with Crippen LogP contribution in [0.1, 0.15) is 42.8 Å². The molecule has 2 aromatic heterocycles. The molecular weight excluding hydrogens is 236 g/mol. The Balaban J connectivity index is 1.73. The van der Waals surface area contributed by atoms with Crippen molar-refractivity contribution >= 4 is 0 Å². The van der Waals surface area contributed by atoms with E-state index >= 15 is 0 Å². The predicted molar refractivity (Wildman–Crippen MR) is 75.8 cm³/mol. The summed E-state index contributed by atoms with van der Waals surface area (Å²) in [4.78, 5) is 0. The van der Waals surface area contributed by atoms with Gasteiger partial charge in [0.1, 0.15) is 0 Å². The standard InChI is InChI=1S/C15H22N4/c1-3-19-15-8-4-7-14(13(15)11-17-19)16-10-12-6-5-9-18(12)2/h5-6,9,11,14,16H,3-4,7-8,10H2,1-2H3/t14-/m1/s1. The monoisotopic (exact) mass is 258 g/mol. The van der Waals surface area contributed by atoms with Gasteiger partial charge >= 0.3 is 0 Å². The van der Waals surface area contributed by atoms with E-state index in [1.165, 1.54) is 36.2 Å². The minimum atomic E-state index is 0.457. The minimum absolute atomic E-state index is 0.457. The Labute approximate surface area is 114 Å². The second kappa shape index (κ2) is 5.21. The Morgan fingerprint density at radius 2 is 2.37 bits per heavy atom. The Morgan fingerprint density at radius 1 is 1.47 bits per heavy atom. The number of rotatable bonds is 4. The number of hydrogen-bond donors (Lipinski definition) is 1. The second-order valence-corrected chi connectivity index (χ2v) is 5.30. The van der Waals surface area contributed by atoms with Crippen LogP contribution in [0, 0.1) is 0 Å². The van der Waals surface area contributed by atoms with E-state index in [4.69, 9.17) is 0 Å². The van der Waals surface area contributed by atoms with Crippen molar-refractivity contribution in [1.82, 2.24) is 19.7 Å². The van der Waals surface area contributed by atoms with Gasteiger partial charge < -0.3 is 9.88 Å². The summed E-state index contributed by atoms with van der Waals surface area (Å²) in [5.41, 5.74) is 4.16. The van der Waals surface area contributed by atoms with Gasteiger partial charge in [-0.15, -0.1) is 0 Å². The molecule has 3 rings (SSSR count). The van der Waals surface area contributed by atoms with Crippen molar-refractivity contribution in [3.05, 3.63) is 41.5 Å². The second-order valence-electron chi connectivity index (χ2n) is 5.30. The van der Waals surface area contributed by atoms with Gasteiger partial charge in [0, 0.05) is 49.3 Å². The van der Waals surface area contributed by atoms with Crippen molar-refractivity contribution in [3.8, 4) is 0 Å². The molecule has 102 valence electrons. The molecule has 0 fully saturated rings. The van der Waals surface area contributed by atoms with Crippen LogP contribution in [0.5, 0.6) is 0 Å². The number of fused-ring (bicyclic) bond motifs is 1. The molecule has 0 radical (unpaired) electrons. The molecule has 2 heterocycles. The van der Waals surface area contributed by atoms with Gasteiger partial charge in [0.2, 0.25) is 0 Å². The first-order valence-electron chi connectivity index (χ1n) is 7.17. The van der Waals surface area contributed by atoms with Crippen LogP contribution in [0.4, 0.5) is 0 Å². The SMILES string of the molecule is CCn1ncc2c1CCC[C@H]2NCc1cccn1C. The number of aryl methyl sites for hydroxylation is 2. The smallest absolute Gasteiger partial charge is 0.0540 e. The number of nitrogens with zero attached hydrogens (tertiary/aromatic N) is 3. The highest BCUT2D eigenvalue weighted by molar-refractivity contribution is 5.25. The summed E-state index contributed by atoms with van der Waals surface area (Å²) in [6, 6.07) is 4.73. The van der Waals surface area contributed by atoms with Crippen molar-refractivity contribution in [1.29, 1.82) is 0 Å². The van der Waals surface area contributed by atoms with E-state index in [0.717, 1.165) is 13.1 Å². The van der Waals surface area contributed by atoms with E-state index < -0.39 is 0 Å². The molecule has 1 N–H and O–H groups in total. The van der Waals surface area contributed by atoms with E-state index in [0.29, 0.717) is 6.04 Å². The summed E-state index contributed by atoms with van der Waals surface area (Å²) in [7, 11) is 2.10. The molecule has 0 spiro atoms. The van der Waals surface area contributed by atoms with Crippen LogP contribution in [-0.4, -0.2) is 14.3 Å². The molecule has 1 atom stereocenters. The zero-order chi connectivity index (χ0) is 13.2. The molecule has 0 aliphatic heterocycles. The van der Waals surface area contributed by atoms with Gasteiger partial charge in [0.25, 0.3) is 0 Å². The van der Waals surface area contributed by atoms with E-state index in [2.05, 4.69) is 58.2 Å². The van der Waals surface area contributed by atoms with E-state index in [9.17, 15) is 0 Å².